The Balaban J connectivity index is 1.75. The SMILES string of the molecule is N#CC1(n2nc(Nc3ccc(C(O)C(F)F)cc3)c3c(=O)[nH]ccc32)CCCCC1. The van der Waals surface area contributed by atoms with E-state index < -0.39 is 18.1 Å². The Labute approximate surface area is 171 Å². The van der Waals surface area contributed by atoms with Gasteiger partial charge in [0.25, 0.3) is 12.0 Å². The van der Waals surface area contributed by atoms with Gasteiger partial charge in [-0.2, -0.15) is 10.4 Å². The number of aliphatic hydroxyl groups is 1. The van der Waals surface area contributed by atoms with Crippen LogP contribution >= 0.6 is 0 Å². The fraction of sp³-hybridized carbons (Fsp3) is 0.381. The fourth-order valence-corrected chi connectivity index (χ4v) is 4.04. The van der Waals surface area contributed by atoms with Gasteiger partial charge in [-0.25, -0.2) is 13.5 Å². The number of aromatic nitrogens is 3. The van der Waals surface area contributed by atoms with Gasteiger partial charge in [-0.1, -0.05) is 18.6 Å². The Bertz CT molecular complexity index is 1140. The molecule has 1 atom stereocenters. The Hall–Kier alpha value is -3.25. The van der Waals surface area contributed by atoms with Crippen LogP contribution < -0.4 is 10.9 Å². The van der Waals surface area contributed by atoms with E-state index in [1.807, 2.05) is 0 Å². The van der Waals surface area contributed by atoms with Gasteiger partial charge in [0.2, 0.25) is 0 Å². The number of fused-ring (bicyclic) bond motifs is 1. The molecule has 1 aromatic carbocycles. The van der Waals surface area contributed by atoms with Crippen molar-refractivity contribution < 1.29 is 13.9 Å². The minimum absolute atomic E-state index is 0.0921. The van der Waals surface area contributed by atoms with E-state index >= 15 is 0 Å². The van der Waals surface area contributed by atoms with Crippen molar-refractivity contribution in [2.45, 2.75) is 50.2 Å². The summed E-state index contributed by atoms with van der Waals surface area (Å²) in [6.07, 6.45) is 0.998. The number of aliphatic hydroxyl groups excluding tert-OH is 1. The first-order chi connectivity index (χ1) is 14.4. The number of benzene rings is 1. The van der Waals surface area contributed by atoms with Gasteiger partial charge in [-0.05, 0) is 49.4 Å². The van der Waals surface area contributed by atoms with Crippen molar-refractivity contribution in [2.24, 2.45) is 0 Å². The molecule has 156 valence electrons. The van der Waals surface area contributed by atoms with E-state index in [-0.39, 0.29) is 16.9 Å². The number of pyridine rings is 1. The Morgan fingerprint density at radius 1 is 1.20 bits per heavy atom. The van der Waals surface area contributed by atoms with Crippen molar-refractivity contribution in [3.05, 3.63) is 52.4 Å². The summed E-state index contributed by atoms with van der Waals surface area (Å²) in [6, 6.07) is 9.98. The molecule has 0 saturated heterocycles. The maximum Gasteiger partial charge on any atom is 0.268 e. The zero-order valence-corrected chi connectivity index (χ0v) is 16.1. The van der Waals surface area contributed by atoms with Gasteiger partial charge in [0.05, 0.1) is 11.6 Å². The molecule has 9 heteroatoms. The van der Waals surface area contributed by atoms with Crippen LogP contribution in [0.15, 0.2) is 41.3 Å². The quantitative estimate of drug-likeness (QED) is 0.587. The van der Waals surface area contributed by atoms with Gasteiger partial charge in [-0.3, -0.25) is 4.79 Å². The van der Waals surface area contributed by atoms with Gasteiger partial charge in [0, 0.05) is 11.9 Å². The van der Waals surface area contributed by atoms with Crippen LogP contribution in [0.2, 0.25) is 0 Å². The molecule has 4 rings (SSSR count). The molecule has 1 fully saturated rings. The number of alkyl halides is 2. The number of nitrogens with one attached hydrogen (secondary N) is 2. The van der Waals surface area contributed by atoms with Gasteiger partial charge in [0.15, 0.2) is 5.82 Å². The lowest BCUT2D eigenvalue weighted by atomic mass is 9.83. The van der Waals surface area contributed by atoms with E-state index in [4.69, 9.17) is 0 Å². The first-order valence-electron chi connectivity index (χ1n) is 9.80. The van der Waals surface area contributed by atoms with Crippen LogP contribution in [-0.2, 0) is 5.54 Å². The Kier molecular flexibility index (Phi) is 5.26. The predicted octanol–water partition coefficient (Wildman–Crippen LogP) is 3.95. The van der Waals surface area contributed by atoms with Crippen molar-refractivity contribution in [3.8, 4) is 6.07 Å². The number of nitriles is 1. The minimum atomic E-state index is -2.88. The molecule has 2 heterocycles. The average Bonchev–Trinajstić information content (AvgIpc) is 3.14. The van der Waals surface area contributed by atoms with Crippen molar-refractivity contribution >= 4 is 22.4 Å². The second kappa shape index (κ2) is 7.88. The molecular formula is C21H21F2N5O2. The van der Waals surface area contributed by atoms with Gasteiger partial charge in [-0.15, -0.1) is 0 Å². The number of aromatic amines is 1. The highest BCUT2D eigenvalue weighted by Gasteiger charge is 2.37. The third-order valence-corrected chi connectivity index (χ3v) is 5.65. The summed E-state index contributed by atoms with van der Waals surface area (Å²) in [5.41, 5.74) is 0.0264. The second-order valence-electron chi connectivity index (χ2n) is 7.56. The molecule has 0 bridgehead atoms. The highest BCUT2D eigenvalue weighted by Crippen LogP contribution is 2.37. The zero-order valence-electron chi connectivity index (χ0n) is 16.1. The van der Waals surface area contributed by atoms with Crippen LogP contribution in [-0.4, -0.2) is 26.3 Å². The highest BCUT2D eigenvalue weighted by atomic mass is 19.3. The number of nitrogens with zero attached hydrogens (tertiary/aromatic N) is 3. The molecule has 3 aromatic rings. The molecule has 7 nitrogen and oxygen atoms in total. The second-order valence-corrected chi connectivity index (χ2v) is 7.56. The van der Waals surface area contributed by atoms with Gasteiger partial charge < -0.3 is 15.4 Å². The largest absolute Gasteiger partial charge is 0.382 e. The fourth-order valence-electron chi connectivity index (χ4n) is 4.04. The number of rotatable bonds is 5. The van der Waals surface area contributed by atoms with Crippen molar-refractivity contribution in [2.75, 3.05) is 5.32 Å². The van der Waals surface area contributed by atoms with Crippen LogP contribution in [0.1, 0.15) is 43.8 Å². The van der Waals surface area contributed by atoms with Crippen LogP contribution in [0, 0.1) is 11.3 Å². The summed E-state index contributed by atoms with van der Waals surface area (Å²) in [7, 11) is 0. The van der Waals surface area contributed by atoms with Crippen molar-refractivity contribution in [1.82, 2.24) is 14.8 Å². The molecule has 0 amide bonds. The number of H-pyrrole nitrogens is 1. The number of halogens is 2. The van der Waals surface area contributed by atoms with E-state index in [0.29, 0.717) is 29.4 Å². The molecule has 1 aliphatic rings. The monoisotopic (exact) mass is 413 g/mol. The van der Waals surface area contributed by atoms with Crippen LogP contribution in [0.25, 0.3) is 10.9 Å². The maximum atomic E-state index is 12.7. The summed E-state index contributed by atoms with van der Waals surface area (Å²) in [5, 5.41) is 27.4. The Morgan fingerprint density at radius 2 is 1.90 bits per heavy atom. The third-order valence-electron chi connectivity index (χ3n) is 5.65. The predicted molar refractivity (Wildman–Crippen MR) is 108 cm³/mol. The molecule has 2 aromatic heterocycles. The van der Waals surface area contributed by atoms with Gasteiger partial charge >= 0.3 is 0 Å². The molecule has 30 heavy (non-hydrogen) atoms. The first-order valence-corrected chi connectivity index (χ1v) is 9.80. The molecule has 0 radical (unpaired) electrons. The lowest BCUT2D eigenvalue weighted by Gasteiger charge is -2.31. The first kappa shape index (κ1) is 20.0. The summed E-state index contributed by atoms with van der Waals surface area (Å²) >= 11 is 0. The van der Waals surface area contributed by atoms with Crippen LogP contribution in [0.3, 0.4) is 0 Å². The summed E-state index contributed by atoms with van der Waals surface area (Å²) < 4.78 is 27.0. The van der Waals surface area contributed by atoms with E-state index in [9.17, 15) is 23.9 Å². The van der Waals surface area contributed by atoms with Crippen molar-refractivity contribution in [3.63, 3.8) is 0 Å². The van der Waals surface area contributed by atoms with Crippen LogP contribution in [0.4, 0.5) is 20.3 Å². The number of anilines is 2. The lowest BCUT2D eigenvalue weighted by Crippen LogP contribution is -2.35. The molecule has 3 N–H and O–H groups in total. The summed E-state index contributed by atoms with van der Waals surface area (Å²) in [4.78, 5) is 15.2. The molecule has 1 aliphatic carbocycles. The number of hydrogen-bond acceptors (Lipinski definition) is 5. The van der Waals surface area contributed by atoms with E-state index in [0.717, 1.165) is 19.3 Å². The topological polar surface area (TPSA) is 107 Å². The molecule has 1 unspecified atom stereocenters. The summed E-state index contributed by atoms with van der Waals surface area (Å²) in [6.45, 7) is 0. The lowest BCUT2D eigenvalue weighted by molar-refractivity contribution is -0.00577. The smallest absolute Gasteiger partial charge is 0.268 e. The molecule has 0 spiro atoms. The Morgan fingerprint density at radius 3 is 2.53 bits per heavy atom. The minimum Gasteiger partial charge on any atom is -0.382 e. The maximum absolute atomic E-state index is 12.7. The van der Waals surface area contributed by atoms with E-state index in [1.165, 1.54) is 30.5 Å². The third kappa shape index (κ3) is 3.44. The molecular weight excluding hydrogens is 392 g/mol. The summed E-state index contributed by atoms with van der Waals surface area (Å²) in [5.74, 6) is 0.286. The average molecular weight is 413 g/mol. The number of hydrogen-bond donors (Lipinski definition) is 3. The normalized spacial score (nSPS) is 17.0. The van der Waals surface area contributed by atoms with Gasteiger partial charge in [0.1, 0.15) is 17.0 Å². The molecule has 1 saturated carbocycles. The molecule has 0 aliphatic heterocycles. The highest BCUT2D eigenvalue weighted by molar-refractivity contribution is 5.91. The zero-order chi connectivity index (χ0) is 21.3. The van der Waals surface area contributed by atoms with Crippen molar-refractivity contribution in [1.29, 1.82) is 5.26 Å². The van der Waals surface area contributed by atoms with Crippen LogP contribution in [0.5, 0.6) is 0 Å². The van der Waals surface area contributed by atoms with E-state index in [1.54, 1.807) is 10.7 Å². The van der Waals surface area contributed by atoms with E-state index in [2.05, 4.69) is 21.5 Å². The standard InChI is InChI=1S/C21H21F2N5O2/c22-18(23)17(29)13-4-6-14(7-5-13)26-19-16-15(8-11-25-20(16)30)28(27-19)21(12-24)9-2-1-3-10-21/h4-8,11,17-18,29H,1-3,9-10H2,(H,25,30)(H,26,27).